The minimum Gasteiger partial charge on any atom is -0.467 e. The Morgan fingerprint density at radius 1 is 1.35 bits per heavy atom. The van der Waals surface area contributed by atoms with Crippen molar-refractivity contribution in [1.82, 2.24) is 15.1 Å². The van der Waals surface area contributed by atoms with Gasteiger partial charge in [-0.3, -0.25) is 0 Å². The zero-order valence-corrected chi connectivity index (χ0v) is 18.1. The number of hydrogen-bond donors (Lipinski definition) is 2. The van der Waals surface area contributed by atoms with Crippen molar-refractivity contribution in [2.45, 2.75) is 38.7 Å². The molecule has 6 nitrogen and oxygen atoms in total. The van der Waals surface area contributed by atoms with Crippen LogP contribution < -0.4 is 5.32 Å². The van der Waals surface area contributed by atoms with E-state index in [-0.39, 0.29) is 24.0 Å². The van der Waals surface area contributed by atoms with Crippen LogP contribution in [0.5, 0.6) is 0 Å². The van der Waals surface area contributed by atoms with Crippen molar-refractivity contribution >= 4 is 29.9 Å². The molecule has 2 aliphatic rings. The van der Waals surface area contributed by atoms with Crippen molar-refractivity contribution in [3.8, 4) is 0 Å². The van der Waals surface area contributed by atoms with Crippen LogP contribution in [0.15, 0.2) is 27.8 Å². The summed E-state index contributed by atoms with van der Waals surface area (Å²) in [7, 11) is 0. The Balaban J connectivity index is 0.00000243. The Morgan fingerprint density at radius 3 is 2.85 bits per heavy atom. The first-order chi connectivity index (χ1) is 12.3. The molecule has 0 radical (unpaired) electrons. The number of aliphatic hydroxyl groups is 1. The summed E-state index contributed by atoms with van der Waals surface area (Å²) in [5.41, 5.74) is 0. The second-order valence-corrected chi connectivity index (χ2v) is 7.19. The highest BCUT2D eigenvalue weighted by Gasteiger charge is 2.27. The first-order valence-corrected chi connectivity index (χ1v) is 9.73. The predicted molar refractivity (Wildman–Crippen MR) is 115 cm³/mol. The van der Waals surface area contributed by atoms with Crippen LogP contribution in [0.1, 0.15) is 44.5 Å². The molecule has 0 saturated carbocycles. The summed E-state index contributed by atoms with van der Waals surface area (Å²) < 4.78 is 5.26. The van der Waals surface area contributed by atoms with Crippen molar-refractivity contribution in [1.29, 1.82) is 0 Å². The van der Waals surface area contributed by atoms with E-state index in [0.717, 1.165) is 31.5 Å². The number of guanidine groups is 1. The number of rotatable bonds is 6. The van der Waals surface area contributed by atoms with Gasteiger partial charge in [0.2, 0.25) is 0 Å². The number of nitrogens with one attached hydrogen (secondary N) is 1. The molecule has 2 fully saturated rings. The Kier molecular flexibility index (Phi) is 9.21. The lowest BCUT2D eigenvalue weighted by molar-refractivity contribution is 0.158. The molecular formula is C19H33IN4O2. The predicted octanol–water partition coefficient (Wildman–Crippen LogP) is 2.70. The highest BCUT2D eigenvalue weighted by atomic mass is 127. The number of hydrogen-bond acceptors (Lipinski definition) is 4. The largest absolute Gasteiger partial charge is 0.467 e. The topological polar surface area (TPSA) is 64.2 Å². The molecule has 0 aromatic carbocycles. The summed E-state index contributed by atoms with van der Waals surface area (Å²) in [6.07, 6.45) is 6.22. The molecule has 26 heavy (non-hydrogen) atoms. The van der Waals surface area contributed by atoms with E-state index in [4.69, 9.17) is 4.42 Å². The molecule has 2 aliphatic heterocycles. The van der Waals surface area contributed by atoms with Crippen LogP contribution in [0, 0.1) is 5.92 Å². The van der Waals surface area contributed by atoms with Crippen LogP contribution in [0.2, 0.25) is 0 Å². The van der Waals surface area contributed by atoms with Crippen LogP contribution >= 0.6 is 24.0 Å². The highest BCUT2D eigenvalue weighted by Crippen LogP contribution is 2.20. The third kappa shape index (κ3) is 6.13. The first-order valence-electron chi connectivity index (χ1n) is 9.73. The second kappa shape index (κ2) is 11.1. The SMILES string of the molecule is CCNC(=NCC(O)c1ccco1)N1CCC(CN2CCCCC2)C1.I. The lowest BCUT2D eigenvalue weighted by atomic mass is 10.1. The summed E-state index contributed by atoms with van der Waals surface area (Å²) in [5.74, 6) is 2.20. The molecule has 0 aliphatic carbocycles. The number of nitrogens with zero attached hydrogens (tertiary/aromatic N) is 3. The van der Waals surface area contributed by atoms with E-state index in [9.17, 15) is 5.11 Å². The van der Waals surface area contributed by atoms with Crippen molar-refractivity contribution in [2.24, 2.45) is 10.9 Å². The van der Waals surface area contributed by atoms with Gasteiger partial charge in [0, 0.05) is 26.2 Å². The number of furan rings is 1. The fourth-order valence-corrected chi connectivity index (χ4v) is 3.85. The van der Waals surface area contributed by atoms with E-state index in [2.05, 4.69) is 27.0 Å². The van der Waals surface area contributed by atoms with Gasteiger partial charge in [0.1, 0.15) is 11.9 Å². The molecule has 2 unspecified atom stereocenters. The van der Waals surface area contributed by atoms with Crippen LogP contribution in [-0.2, 0) is 0 Å². The maximum Gasteiger partial charge on any atom is 0.194 e. The molecule has 2 saturated heterocycles. The van der Waals surface area contributed by atoms with E-state index in [0.29, 0.717) is 12.3 Å². The molecule has 7 heteroatoms. The normalized spacial score (nSPS) is 22.9. The zero-order valence-electron chi connectivity index (χ0n) is 15.8. The van der Waals surface area contributed by atoms with Gasteiger partial charge >= 0.3 is 0 Å². The molecule has 0 bridgehead atoms. The van der Waals surface area contributed by atoms with Crippen molar-refractivity contribution in [3.05, 3.63) is 24.2 Å². The van der Waals surface area contributed by atoms with Crippen LogP contribution in [-0.4, -0.2) is 66.7 Å². The maximum atomic E-state index is 10.2. The number of piperidine rings is 1. The van der Waals surface area contributed by atoms with Crippen molar-refractivity contribution in [2.75, 3.05) is 45.8 Å². The quantitative estimate of drug-likeness (QED) is 0.376. The van der Waals surface area contributed by atoms with Crippen LogP contribution in [0.25, 0.3) is 0 Å². The number of likely N-dealkylation sites (tertiary alicyclic amines) is 2. The van der Waals surface area contributed by atoms with Crippen LogP contribution in [0.3, 0.4) is 0 Å². The molecule has 3 heterocycles. The van der Waals surface area contributed by atoms with E-state index in [1.165, 1.54) is 45.3 Å². The average Bonchev–Trinajstić information content (AvgIpc) is 3.31. The van der Waals surface area contributed by atoms with Gasteiger partial charge in [-0.15, -0.1) is 24.0 Å². The van der Waals surface area contributed by atoms with Gasteiger partial charge in [-0.1, -0.05) is 6.42 Å². The summed E-state index contributed by atoms with van der Waals surface area (Å²) >= 11 is 0. The molecule has 3 rings (SSSR count). The third-order valence-electron chi connectivity index (χ3n) is 5.17. The molecule has 2 atom stereocenters. The molecular weight excluding hydrogens is 443 g/mol. The fraction of sp³-hybridized carbons (Fsp3) is 0.737. The van der Waals surface area contributed by atoms with Gasteiger partial charge in [-0.05, 0) is 57.3 Å². The van der Waals surface area contributed by atoms with Gasteiger partial charge in [-0.25, -0.2) is 4.99 Å². The Labute approximate surface area is 174 Å². The number of halogens is 1. The van der Waals surface area contributed by atoms with Gasteiger partial charge in [0.05, 0.1) is 12.8 Å². The fourth-order valence-electron chi connectivity index (χ4n) is 3.85. The molecule has 1 aromatic rings. The lowest BCUT2D eigenvalue weighted by Crippen LogP contribution is -2.41. The van der Waals surface area contributed by atoms with Gasteiger partial charge in [0.15, 0.2) is 5.96 Å². The van der Waals surface area contributed by atoms with Gasteiger partial charge < -0.3 is 24.6 Å². The Hall–Kier alpha value is -0.800. The molecule has 0 amide bonds. The Bertz CT molecular complexity index is 532. The van der Waals surface area contributed by atoms with Gasteiger partial charge in [-0.2, -0.15) is 0 Å². The second-order valence-electron chi connectivity index (χ2n) is 7.19. The molecule has 2 N–H and O–H groups in total. The minimum atomic E-state index is -0.685. The van der Waals surface area contributed by atoms with Crippen molar-refractivity contribution in [3.63, 3.8) is 0 Å². The maximum absolute atomic E-state index is 10.2. The first kappa shape index (κ1) is 21.5. The summed E-state index contributed by atoms with van der Waals surface area (Å²) in [4.78, 5) is 9.61. The zero-order chi connectivity index (χ0) is 17.5. The Morgan fingerprint density at radius 2 is 2.15 bits per heavy atom. The number of aliphatic hydroxyl groups excluding tert-OH is 1. The highest BCUT2D eigenvalue weighted by molar-refractivity contribution is 14.0. The van der Waals surface area contributed by atoms with Crippen LogP contribution in [0.4, 0.5) is 0 Å². The minimum absolute atomic E-state index is 0. The molecule has 1 aromatic heterocycles. The van der Waals surface area contributed by atoms with Crippen molar-refractivity contribution < 1.29 is 9.52 Å². The lowest BCUT2D eigenvalue weighted by Gasteiger charge is -2.29. The van der Waals surface area contributed by atoms with E-state index >= 15 is 0 Å². The van der Waals surface area contributed by atoms with E-state index in [1.807, 2.05) is 0 Å². The molecule has 148 valence electrons. The molecule has 0 spiro atoms. The smallest absolute Gasteiger partial charge is 0.194 e. The van der Waals surface area contributed by atoms with E-state index in [1.54, 1.807) is 18.4 Å². The standard InChI is InChI=1S/C19H32N4O2.HI/c1-2-20-19(21-13-17(24)18-7-6-12-25-18)23-11-8-16(15-23)14-22-9-4-3-5-10-22;/h6-7,12,16-17,24H,2-5,8-11,13-15H2,1H3,(H,20,21);1H. The summed E-state index contributed by atoms with van der Waals surface area (Å²) in [6, 6.07) is 3.58. The average molecular weight is 476 g/mol. The summed E-state index contributed by atoms with van der Waals surface area (Å²) in [5, 5.41) is 13.6. The van der Waals surface area contributed by atoms with E-state index < -0.39 is 6.10 Å². The third-order valence-corrected chi connectivity index (χ3v) is 5.17. The number of aliphatic imine (C=N–C) groups is 1. The van der Waals surface area contributed by atoms with Gasteiger partial charge in [0.25, 0.3) is 0 Å². The summed E-state index contributed by atoms with van der Waals surface area (Å²) in [6.45, 7) is 9.08. The monoisotopic (exact) mass is 476 g/mol.